The average molecular weight is 410 g/mol. The predicted octanol–water partition coefficient (Wildman–Crippen LogP) is 5.63. The molecule has 5 nitrogen and oxygen atoms in total. The number of ether oxygens (including phenoxy) is 1. The van der Waals surface area contributed by atoms with E-state index in [-0.39, 0.29) is 5.97 Å². The van der Waals surface area contributed by atoms with Crippen LogP contribution >= 0.6 is 23.1 Å². The summed E-state index contributed by atoms with van der Waals surface area (Å²) < 4.78 is 5.40. The molecule has 4 rings (SSSR count). The number of hydrogen-bond acceptors (Lipinski definition) is 7. The van der Waals surface area contributed by atoms with Gasteiger partial charge >= 0.3 is 5.97 Å². The molecule has 1 N–H and O–H groups in total. The smallest absolute Gasteiger partial charge is 0.321 e. The maximum Gasteiger partial charge on any atom is 0.321 e. The normalized spacial score (nSPS) is 11.7. The zero-order chi connectivity index (χ0) is 19.7. The number of benzene rings is 2. The Bertz CT molecular complexity index is 1170. The van der Waals surface area contributed by atoms with Crippen LogP contribution in [0.1, 0.15) is 13.8 Å². The molecule has 0 radical (unpaired) electrons. The lowest BCUT2D eigenvalue weighted by molar-refractivity contribution is -0.142. The minimum atomic E-state index is -0.673. The zero-order valence-corrected chi connectivity index (χ0v) is 17.4. The van der Waals surface area contributed by atoms with Crippen molar-refractivity contribution < 1.29 is 9.53 Å². The Labute approximate surface area is 171 Å². The monoisotopic (exact) mass is 409 g/mol. The second-order valence-electron chi connectivity index (χ2n) is 6.80. The number of pyridine rings is 1. The highest BCUT2D eigenvalue weighted by Crippen LogP contribution is 2.36. The van der Waals surface area contributed by atoms with Gasteiger partial charge in [0.2, 0.25) is 0 Å². The van der Waals surface area contributed by atoms with Crippen LogP contribution < -0.4 is 5.32 Å². The summed E-state index contributed by atoms with van der Waals surface area (Å²) in [4.78, 5) is 21.8. The maximum atomic E-state index is 12.0. The summed E-state index contributed by atoms with van der Waals surface area (Å²) in [6.07, 6.45) is 1.79. The molecule has 0 aliphatic rings. The molecule has 0 amide bonds. The number of thioether (sulfide) groups is 1. The van der Waals surface area contributed by atoms with Gasteiger partial charge in [-0.3, -0.25) is 9.78 Å². The highest BCUT2D eigenvalue weighted by Gasteiger charge is 2.30. The third kappa shape index (κ3) is 3.68. The Morgan fingerprint density at radius 3 is 2.79 bits per heavy atom. The summed E-state index contributed by atoms with van der Waals surface area (Å²) in [6, 6.07) is 14.1. The molecule has 142 valence electrons. The fourth-order valence-electron chi connectivity index (χ4n) is 2.97. The molecule has 0 atom stereocenters. The van der Waals surface area contributed by atoms with Crippen LogP contribution in [0.4, 0.5) is 11.4 Å². The molecule has 2 heterocycles. The van der Waals surface area contributed by atoms with Crippen LogP contribution in [-0.4, -0.2) is 27.8 Å². The minimum Gasteiger partial charge on any atom is -0.468 e. The summed E-state index contributed by atoms with van der Waals surface area (Å²) in [5.41, 5.74) is 5.64. The fraction of sp³-hybridized carbons (Fsp3) is 0.190. The van der Waals surface area contributed by atoms with Crippen molar-refractivity contribution in [2.45, 2.75) is 23.5 Å². The number of carbonyl (C=O) groups excluding carboxylic acids is 1. The first-order valence-electron chi connectivity index (χ1n) is 8.73. The van der Waals surface area contributed by atoms with Gasteiger partial charge in [-0.15, -0.1) is 23.1 Å². The molecule has 0 aliphatic carbocycles. The topological polar surface area (TPSA) is 64.1 Å². The predicted molar refractivity (Wildman–Crippen MR) is 117 cm³/mol. The van der Waals surface area contributed by atoms with E-state index in [4.69, 9.17) is 4.74 Å². The van der Waals surface area contributed by atoms with E-state index in [1.54, 1.807) is 17.5 Å². The number of thiazole rings is 1. The maximum absolute atomic E-state index is 12.0. The average Bonchev–Trinajstić information content (AvgIpc) is 3.15. The number of methoxy groups -OCH3 is 1. The van der Waals surface area contributed by atoms with Gasteiger partial charge < -0.3 is 10.1 Å². The van der Waals surface area contributed by atoms with Crippen LogP contribution in [-0.2, 0) is 9.53 Å². The number of hydrogen-bond donors (Lipinski definition) is 1. The lowest BCUT2D eigenvalue weighted by Gasteiger charge is -2.21. The standard InChI is InChI=1S/C21H19N3O2S2/c1-21(2,20(25)26-3)28-14-5-6-16-15(11-14)17(8-9-22-16)24-13-4-7-19-18(10-13)23-12-27-19/h4-12H,1-3H3,(H,22,24). The molecule has 0 unspecified atom stereocenters. The molecular weight excluding hydrogens is 390 g/mol. The van der Waals surface area contributed by atoms with Gasteiger partial charge in [0.15, 0.2) is 0 Å². The Hall–Kier alpha value is -2.64. The second-order valence-corrected chi connectivity index (χ2v) is 9.38. The van der Waals surface area contributed by atoms with Crippen molar-refractivity contribution in [1.82, 2.24) is 9.97 Å². The van der Waals surface area contributed by atoms with Crippen molar-refractivity contribution in [2.75, 3.05) is 12.4 Å². The second kappa shape index (κ2) is 7.41. The SMILES string of the molecule is COC(=O)C(C)(C)Sc1ccc2nccc(Nc3ccc4scnc4c3)c2c1. The van der Waals surface area contributed by atoms with E-state index >= 15 is 0 Å². The number of aromatic nitrogens is 2. The molecule has 4 aromatic rings. The van der Waals surface area contributed by atoms with Crippen molar-refractivity contribution >= 4 is 61.6 Å². The first-order valence-corrected chi connectivity index (χ1v) is 10.4. The molecule has 0 bridgehead atoms. The minimum absolute atomic E-state index is 0.251. The van der Waals surface area contributed by atoms with Crippen LogP contribution in [0.25, 0.3) is 21.1 Å². The van der Waals surface area contributed by atoms with Crippen LogP contribution in [0, 0.1) is 0 Å². The van der Waals surface area contributed by atoms with Gasteiger partial charge in [-0.1, -0.05) is 0 Å². The fourth-order valence-corrected chi connectivity index (χ4v) is 4.70. The van der Waals surface area contributed by atoms with E-state index in [2.05, 4.69) is 27.4 Å². The van der Waals surface area contributed by atoms with Gasteiger partial charge in [-0.05, 0) is 56.3 Å². The molecule has 0 saturated carbocycles. The van der Waals surface area contributed by atoms with E-state index in [1.165, 1.54) is 18.9 Å². The molecule has 0 aliphatic heterocycles. The number of esters is 1. The number of fused-ring (bicyclic) bond motifs is 2. The quantitative estimate of drug-likeness (QED) is 0.340. The van der Waals surface area contributed by atoms with Gasteiger partial charge in [0.1, 0.15) is 4.75 Å². The number of rotatable bonds is 5. The lowest BCUT2D eigenvalue weighted by atomic mass is 10.1. The van der Waals surface area contributed by atoms with Gasteiger partial charge in [0, 0.05) is 27.9 Å². The Kier molecular flexibility index (Phi) is 4.95. The van der Waals surface area contributed by atoms with Crippen molar-refractivity contribution in [1.29, 1.82) is 0 Å². The molecule has 2 aromatic carbocycles. The Morgan fingerprint density at radius 2 is 1.96 bits per heavy atom. The molecule has 28 heavy (non-hydrogen) atoms. The van der Waals surface area contributed by atoms with E-state index < -0.39 is 4.75 Å². The van der Waals surface area contributed by atoms with Crippen molar-refractivity contribution in [3.63, 3.8) is 0 Å². The third-order valence-corrected chi connectivity index (χ3v) is 6.35. The largest absolute Gasteiger partial charge is 0.468 e. The summed E-state index contributed by atoms with van der Waals surface area (Å²) in [7, 11) is 1.41. The van der Waals surface area contributed by atoms with Crippen molar-refractivity contribution in [2.24, 2.45) is 0 Å². The summed E-state index contributed by atoms with van der Waals surface area (Å²) >= 11 is 3.10. The molecule has 0 saturated heterocycles. The van der Waals surface area contributed by atoms with Crippen LogP contribution in [0.15, 0.2) is 59.1 Å². The highest BCUT2D eigenvalue weighted by atomic mass is 32.2. The van der Waals surface area contributed by atoms with Crippen molar-refractivity contribution in [3.8, 4) is 0 Å². The van der Waals surface area contributed by atoms with E-state index in [0.29, 0.717) is 0 Å². The van der Waals surface area contributed by atoms with E-state index in [1.807, 2.05) is 49.7 Å². The number of anilines is 2. The molecule has 7 heteroatoms. The molecule has 2 aromatic heterocycles. The van der Waals surface area contributed by atoms with Crippen LogP contribution in [0.5, 0.6) is 0 Å². The summed E-state index contributed by atoms with van der Waals surface area (Å²) in [5.74, 6) is -0.251. The number of nitrogens with zero attached hydrogens (tertiary/aromatic N) is 2. The number of nitrogens with one attached hydrogen (secondary N) is 1. The first kappa shape index (κ1) is 18.7. The molecular formula is C21H19N3O2S2. The van der Waals surface area contributed by atoms with E-state index in [9.17, 15) is 4.79 Å². The summed E-state index contributed by atoms with van der Waals surface area (Å²) in [6.45, 7) is 3.72. The Morgan fingerprint density at radius 1 is 1.11 bits per heavy atom. The Balaban J connectivity index is 1.69. The first-order chi connectivity index (χ1) is 13.5. The van der Waals surface area contributed by atoms with Crippen LogP contribution in [0.2, 0.25) is 0 Å². The zero-order valence-electron chi connectivity index (χ0n) is 15.7. The van der Waals surface area contributed by atoms with Gasteiger partial charge in [0.25, 0.3) is 0 Å². The lowest BCUT2D eigenvalue weighted by Crippen LogP contribution is -2.28. The summed E-state index contributed by atoms with van der Waals surface area (Å²) in [5, 5.41) is 4.47. The van der Waals surface area contributed by atoms with E-state index in [0.717, 1.165) is 37.4 Å². The number of carbonyl (C=O) groups is 1. The molecule has 0 spiro atoms. The molecule has 0 fully saturated rings. The van der Waals surface area contributed by atoms with Gasteiger partial charge in [-0.2, -0.15) is 0 Å². The highest BCUT2D eigenvalue weighted by molar-refractivity contribution is 8.01. The van der Waals surface area contributed by atoms with Gasteiger partial charge in [0.05, 0.1) is 28.4 Å². The third-order valence-electron chi connectivity index (χ3n) is 4.37. The van der Waals surface area contributed by atoms with Crippen LogP contribution in [0.3, 0.4) is 0 Å². The van der Waals surface area contributed by atoms with Crippen molar-refractivity contribution in [3.05, 3.63) is 54.2 Å². The van der Waals surface area contributed by atoms with Gasteiger partial charge in [-0.25, -0.2) is 4.98 Å².